The van der Waals surface area contributed by atoms with Crippen molar-refractivity contribution in [2.75, 3.05) is 20.3 Å². The third kappa shape index (κ3) is 2.78. The second-order valence-electron chi connectivity index (χ2n) is 5.42. The van der Waals surface area contributed by atoms with E-state index in [1.807, 2.05) is 6.92 Å². The summed E-state index contributed by atoms with van der Waals surface area (Å²) in [5.74, 6) is -0.463. The van der Waals surface area contributed by atoms with Gasteiger partial charge in [-0.3, -0.25) is 0 Å². The average molecular weight is 292 g/mol. The van der Waals surface area contributed by atoms with Crippen LogP contribution in [0.5, 0.6) is 0 Å². The van der Waals surface area contributed by atoms with E-state index in [1.165, 1.54) is 7.11 Å². The lowest BCUT2D eigenvalue weighted by Gasteiger charge is -2.18. The maximum Gasteiger partial charge on any atom is 0.358 e. The van der Waals surface area contributed by atoms with Crippen LogP contribution in [-0.2, 0) is 14.2 Å². The molecular weight excluding hydrogens is 272 g/mol. The van der Waals surface area contributed by atoms with Gasteiger partial charge in [0.2, 0.25) is 0 Å². The SMILES string of the molecule is COC(=O)c1nc(C)c(C2CCCO2)nc1C1CCCO1. The van der Waals surface area contributed by atoms with E-state index in [2.05, 4.69) is 4.98 Å². The van der Waals surface area contributed by atoms with Crippen molar-refractivity contribution in [1.29, 1.82) is 0 Å². The van der Waals surface area contributed by atoms with Crippen LogP contribution in [0, 0.1) is 6.92 Å². The zero-order valence-corrected chi connectivity index (χ0v) is 12.4. The van der Waals surface area contributed by atoms with Crippen LogP contribution in [0.1, 0.15) is 65.5 Å². The van der Waals surface area contributed by atoms with Gasteiger partial charge in [-0.15, -0.1) is 0 Å². The van der Waals surface area contributed by atoms with Crippen LogP contribution in [-0.4, -0.2) is 36.3 Å². The molecule has 0 N–H and O–H groups in total. The summed E-state index contributed by atoms with van der Waals surface area (Å²) in [5.41, 5.74) is 2.41. The van der Waals surface area contributed by atoms with E-state index in [4.69, 9.17) is 19.2 Å². The lowest BCUT2D eigenvalue weighted by atomic mass is 10.1. The Morgan fingerprint density at radius 3 is 2.24 bits per heavy atom. The Hall–Kier alpha value is -1.53. The van der Waals surface area contributed by atoms with Crippen LogP contribution < -0.4 is 0 Å². The fourth-order valence-corrected chi connectivity index (χ4v) is 2.91. The molecule has 1 aromatic heterocycles. The quantitative estimate of drug-likeness (QED) is 0.796. The molecule has 0 aliphatic carbocycles. The van der Waals surface area contributed by atoms with Crippen molar-refractivity contribution in [3.8, 4) is 0 Å². The van der Waals surface area contributed by atoms with E-state index >= 15 is 0 Å². The number of rotatable bonds is 3. The van der Waals surface area contributed by atoms with Gasteiger partial charge in [-0.1, -0.05) is 0 Å². The van der Waals surface area contributed by atoms with Gasteiger partial charge >= 0.3 is 5.97 Å². The molecule has 114 valence electrons. The number of methoxy groups -OCH3 is 1. The summed E-state index contributed by atoms with van der Waals surface area (Å²) < 4.78 is 16.2. The normalized spacial score (nSPS) is 25.2. The highest BCUT2D eigenvalue weighted by Gasteiger charge is 2.30. The maximum atomic E-state index is 12.0. The van der Waals surface area contributed by atoms with Crippen LogP contribution in [0.15, 0.2) is 0 Å². The summed E-state index contributed by atoms with van der Waals surface area (Å²) in [4.78, 5) is 21.1. The summed E-state index contributed by atoms with van der Waals surface area (Å²) in [5, 5.41) is 0. The predicted molar refractivity (Wildman–Crippen MR) is 74.0 cm³/mol. The van der Waals surface area contributed by atoms with Crippen molar-refractivity contribution in [3.05, 3.63) is 22.8 Å². The van der Waals surface area contributed by atoms with E-state index in [0.29, 0.717) is 12.3 Å². The number of aromatic nitrogens is 2. The first-order valence-electron chi connectivity index (χ1n) is 7.40. The molecule has 3 heterocycles. The molecular formula is C15H20N2O4. The highest BCUT2D eigenvalue weighted by molar-refractivity contribution is 5.88. The fraction of sp³-hybridized carbons (Fsp3) is 0.667. The minimum absolute atomic E-state index is 0.0237. The largest absolute Gasteiger partial charge is 0.464 e. The molecule has 2 fully saturated rings. The van der Waals surface area contributed by atoms with Gasteiger partial charge in [0.25, 0.3) is 0 Å². The molecule has 21 heavy (non-hydrogen) atoms. The van der Waals surface area contributed by atoms with Crippen molar-refractivity contribution < 1.29 is 19.0 Å². The molecule has 6 nitrogen and oxygen atoms in total. The van der Waals surface area contributed by atoms with E-state index in [1.54, 1.807) is 0 Å². The Bertz CT molecular complexity index is 535. The standard InChI is InChI=1S/C15H20N2O4/c1-9-12(10-5-3-7-20-10)17-13(11-6-4-8-21-11)14(16-9)15(18)19-2/h10-11H,3-8H2,1-2H3. The fourth-order valence-electron chi connectivity index (χ4n) is 2.91. The van der Waals surface area contributed by atoms with Gasteiger partial charge < -0.3 is 14.2 Å². The first kappa shape index (κ1) is 14.4. The van der Waals surface area contributed by atoms with Gasteiger partial charge in [-0.2, -0.15) is 0 Å². The minimum Gasteiger partial charge on any atom is -0.464 e. The number of nitrogens with zero attached hydrogens (tertiary/aromatic N) is 2. The van der Waals surface area contributed by atoms with Gasteiger partial charge in [0.05, 0.1) is 18.5 Å². The Balaban J connectivity index is 2.03. The molecule has 0 bridgehead atoms. The van der Waals surface area contributed by atoms with Crippen LogP contribution >= 0.6 is 0 Å². The maximum absolute atomic E-state index is 12.0. The van der Waals surface area contributed by atoms with Crippen molar-refractivity contribution in [2.45, 2.75) is 44.8 Å². The second-order valence-corrected chi connectivity index (χ2v) is 5.42. The molecule has 2 aliphatic heterocycles. The number of aryl methyl sites for hydroxylation is 1. The molecule has 0 aromatic carbocycles. The Labute approximate surface area is 123 Å². The number of hydrogen-bond acceptors (Lipinski definition) is 6. The van der Waals surface area contributed by atoms with E-state index < -0.39 is 5.97 Å². The number of hydrogen-bond donors (Lipinski definition) is 0. The Morgan fingerprint density at radius 1 is 1.10 bits per heavy atom. The predicted octanol–water partition coefficient (Wildman–Crippen LogP) is 2.27. The molecule has 2 saturated heterocycles. The average Bonchev–Trinajstić information content (AvgIpc) is 3.19. The third-order valence-electron chi connectivity index (χ3n) is 3.98. The smallest absolute Gasteiger partial charge is 0.358 e. The first-order valence-corrected chi connectivity index (χ1v) is 7.40. The summed E-state index contributed by atoms with van der Waals surface area (Å²) in [6, 6.07) is 0. The lowest BCUT2D eigenvalue weighted by molar-refractivity contribution is 0.0573. The van der Waals surface area contributed by atoms with Gasteiger partial charge in [0.15, 0.2) is 5.69 Å². The molecule has 0 radical (unpaired) electrons. The van der Waals surface area contributed by atoms with Crippen LogP contribution in [0.3, 0.4) is 0 Å². The summed E-state index contributed by atoms with van der Waals surface area (Å²) in [6.45, 7) is 3.30. The lowest BCUT2D eigenvalue weighted by Crippen LogP contribution is -2.18. The number of carbonyl (C=O) groups excluding carboxylic acids is 1. The molecule has 2 aliphatic rings. The molecule has 3 rings (SSSR count). The third-order valence-corrected chi connectivity index (χ3v) is 3.98. The summed E-state index contributed by atoms with van der Waals surface area (Å²) in [7, 11) is 1.35. The van der Waals surface area contributed by atoms with Crippen molar-refractivity contribution in [1.82, 2.24) is 9.97 Å². The second kappa shape index (κ2) is 6.07. The summed E-state index contributed by atoms with van der Waals surface area (Å²) in [6.07, 6.45) is 3.59. The number of esters is 1. The molecule has 2 unspecified atom stereocenters. The molecule has 0 amide bonds. The van der Waals surface area contributed by atoms with Gasteiger partial charge in [0.1, 0.15) is 17.9 Å². The minimum atomic E-state index is -0.463. The topological polar surface area (TPSA) is 70.5 Å². The zero-order valence-electron chi connectivity index (χ0n) is 12.4. The monoisotopic (exact) mass is 292 g/mol. The first-order chi connectivity index (χ1) is 10.2. The number of ether oxygens (including phenoxy) is 3. The highest BCUT2D eigenvalue weighted by atomic mass is 16.5. The molecule has 0 spiro atoms. The molecule has 0 saturated carbocycles. The number of carbonyl (C=O) groups is 1. The zero-order chi connectivity index (χ0) is 14.8. The molecule has 6 heteroatoms. The Morgan fingerprint density at radius 2 is 1.71 bits per heavy atom. The molecule has 2 atom stereocenters. The van der Waals surface area contributed by atoms with Gasteiger partial charge in [0, 0.05) is 13.2 Å². The van der Waals surface area contributed by atoms with Crippen molar-refractivity contribution in [2.24, 2.45) is 0 Å². The van der Waals surface area contributed by atoms with E-state index in [9.17, 15) is 4.79 Å². The summed E-state index contributed by atoms with van der Waals surface area (Å²) >= 11 is 0. The van der Waals surface area contributed by atoms with Crippen LogP contribution in [0.25, 0.3) is 0 Å². The highest BCUT2D eigenvalue weighted by Crippen LogP contribution is 2.33. The van der Waals surface area contributed by atoms with Gasteiger partial charge in [-0.25, -0.2) is 14.8 Å². The molecule has 1 aromatic rings. The van der Waals surface area contributed by atoms with Crippen LogP contribution in [0.4, 0.5) is 0 Å². The van der Waals surface area contributed by atoms with Gasteiger partial charge in [-0.05, 0) is 32.6 Å². The van der Waals surface area contributed by atoms with E-state index in [-0.39, 0.29) is 17.9 Å². The van der Waals surface area contributed by atoms with Crippen molar-refractivity contribution in [3.63, 3.8) is 0 Å². The van der Waals surface area contributed by atoms with E-state index in [0.717, 1.165) is 43.7 Å². The van der Waals surface area contributed by atoms with Crippen molar-refractivity contribution >= 4 is 5.97 Å². The van der Waals surface area contributed by atoms with Crippen LogP contribution in [0.2, 0.25) is 0 Å². The Kier molecular flexibility index (Phi) is 4.17.